The Kier molecular flexibility index (Phi) is 3.00. The smallest absolute Gasteiger partial charge is 0.0890 e. The quantitative estimate of drug-likeness (QED) is 0.894. The highest BCUT2D eigenvalue weighted by Gasteiger charge is 2.34. The van der Waals surface area contributed by atoms with E-state index in [0.717, 1.165) is 23.3 Å². The molecular weight excluding hydrogens is 222 g/mol. The number of hydrogen-bond acceptors (Lipinski definition) is 3. The average molecular weight is 241 g/mol. The van der Waals surface area contributed by atoms with Crippen molar-refractivity contribution in [3.05, 3.63) is 36.2 Å². The number of nitrogens with one attached hydrogen (secondary N) is 1. The summed E-state index contributed by atoms with van der Waals surface area (Å²) in [6.07, 6.45) is 7.03. The molecule has 0 bridgehead atoms. The lowest BCUT2D eigenvalue weighted by molar-refractivity contribution is 0.175. The number of para-hydroxylation sites is 2. The van der Waals surface area contributed by atoms with Crippen LogP contribution in [0, 0.1) is 0 Å². The fraction of sp³-hybridized carbons (Fsp3) is 0.467. The van der Waals surface area contributed by atoms with Gasteiger partial charge >= 0.3 is 0 Å². The molecule has 3 nitrogen and oxygen atoms in total. The second-order valence-corrected chi connectivity index (χ2v) is 5.19. The van der Waals surface area contributed by atoms with Gasteiger partial charge in [-0.25, -0.2) is 4.98 Å². The zero-order valence-corrected chi connectivity index (χ0v) is 10.8. The van der Waals surface area contributed by atoms with Gasteiger partial charge in [0, 0.05) is 12.1 Å². The molecule has 3 heteroatoms. The summed E-state index contributed by atoms with van der Waals surface area (Å²) in [6.45, 7) is 3.09. The predicted octanol–water partition coefficient (Wildman–Crippen LogP) is 3.05. The van der Waals surface area contributed by atoms with Crippen LogP contribution in [-0.2, 0) is 6.54 Å². The first-order valence-corrected chi connectivity index (χ1v) is 6.77. The van der Waals surface area contributed by atoms with Crippen molar-refractivity contribution in [2.75, 3.05) is 0 Å². The summed E-state index contributed by atoms with van der Waals surface area (Å²) in [4.78, 5) is 9.09. The van der Waals surface area contributed by atoms with Crippen molar-refractivity contribution in [3.63, 3.8) is 0 Å². The highest BCUT2D eigenvalue weighted by molar-refractivity contribution is 5.73. The lowest BCUT2D eigenvalue weighted by atomic mass is 9.75. The van der Waals surface area contributed by atoms with E-state index < -0.39 is 0 Å². The molecule has 1 aliphatic carbocycles. The highest BCUT2D eigenvalue weighted by atomic mass is 15.0. The molecule has 1 N–H and O–H groups in total. The van der Waals surface area contributed by atoms with E-state index in [4.69, 9.17) is 0 Å². The molecule has 0 aliphatic heterocycles. The molecular formula is C15H19N3. The molecule has 0 amide bonds. The van der Waals surface area contributed by atoms with Gasteiger partial charge in [-0.1, -0.05) is 19.1 Å². The van der Waals surface area contributed by atoms with Crippen molar-refractivity contribution >= 4 is 11.0 Å². The van der Waals surface area contributed by atoms with Gasteiger partial charge in [-0.2, -0.15) is 0 Å². The van der Waals surface area contributed by atoms with Gasteiger partial charge in [-0.15, -0.1) is 0 Å². The molecule has 1 aromatic heterocycles. The average Bonchev–Trinajstić information content (AvgIpc) is 2.38. The fourth-order valence-electron chi connectivity index (χ4n) is 2.62. The second-order valence-electron chi connectivity index (χ2n) is 5.19. The van der Waals surface area contributed by atoms with E-state index in [1.165, 1.54) is 25.7 Å². The summed E-state index contributed by atoms with van der Waals surface area (Å²) >= 11 is 0. The van der Waals surface area contributed by atoms with E-state index in [1.807, 2.05) is 30.5 Å². The number of hydrogen-bond donors (Lipinski definition) is 1. The Morgan fingerprint density at radius 1 is 1.22 bits per heavy atom. The third kappa shape index (κ3) is 2.10. The minimum absolute atomic E-state index is 0.368. The number of rotatable bonds is 4. The first kappa shape index (κ1) is 11.6. The van der Waals surface area contributed by atoms with Gasteiger partial charge in [-0.3, -0.25) is 4.98 Å². The highest BCUT2D eigenvalue weighted by Crippen LogP contribution is 2.34. The van der Waals surface area contributed by atoms with Crippen molar-refractivity contribution in [2.45, 2.75) is 44.7 Å². The Bertz CT molecular complexity index is 541. The van der Waals surface area contributed by atoms with Gasteiger partial charge in [0.25, 0.3) is 0 Å². The summed E-state index contributed by atoms with van der Waals surface area (Å²) in [5.74, 6) is 0. The minimum atomic E-state index is 0.368. The molecule has 2 aromatic rings. The molecule has 0 spiro atoms. The Labute approximate surface area is 108 Å². The SMILES string of the molecule is CCC1(NCc2cnc3ccccc3n2)CCC1. The molecule has 3 rings (SSSR count). The zero-order valence-electron chi connectivity index (χ0n) is 10.8. The third-order valence-corrected chi connectivity index (χ3v) is 4.13. The van der Waals surface area contributed by atoms with Crippen LogP contribution in [0.1, 0.15) is 38.3 Å². The molecule has 1 heterocycles. The van der Waals surface area contributed by atoms with Crippen molar-refractivity contribution < 1.29 is 0 Å². The van der Waals surface area contributed by atoms with Gasteiger partial charge < -0.3 is 5.32 Å². The Hall–Kier alpha value is -1.48. The van der Waals surface area contributed by atoms with E-state index in [1.54, 1.807) is 0 Å². The first-order valence-electron chi connectivity index (χ1n) is 6.77. The maximum atomic E-state index is 4.65. The fourth-order valence-corrected chi connectivity index (χ4v) is 2.62. The Balaban J connectivity index is 1.74. The van der Waals surface area contributed by atoms with E-state index in [-0.39, 0.29) is 0 Å². The topological polar surface area (TPSA) is 37.8 Å². The van der Waals surface area contributed by atoms with Crippen LogP contribution < -0.4 is 5.32 Å². The summed E-state index contributed by atoms with van der Waals surface area (Å²) in [6, 6.07) is 8.02. The van der Waals surface area contributed by atoms with Crippen molar-refractivity contribution in [1.82, 2.24) is 15.3 Å². The molecule has 0 radical (unpaired) electrons. The number of aromatic nitrogens is 2. The molecule has 1 aromatic carbocycles. The van der Waals surface area contributed by atoms with Gasteiger partial charge in [0.15, 0.2) is 0 Å². The van der Waals surface area contributed by atoms with Crippen LogP contribution in [0.4, 0.5) is 0 Å². The molecule has 0 saturated heterocycles. The molecule has 0 atom stereocenters. The predicted molar refractivity (Wildman–Crippen MR) is 73.3 cm³/mol. The standard InChI is InChI=1S/C15H19N3/c1-2-15(8-5-9-15)17-11-12-10-16-13-6-3-4-7-14(13)18-12/h3-4,6-7,10,17H,2,5,8-9,11H2,1H3. The molecule has 1 fully saturated rings. The molecule has 1 aliphatic rings. The monoisotopic (exact) mass is 241 g/mol. The van der Waals surface area contributed by atoms with Crippen molar-refractivity contribution in [3.8, 4) is 0 Å². The van der Waals surface area contributed by atoms with E-state index >= 15 is 0 Å². The van der Waals surface area contributed by atoms with Crippen molar-refractivity contribution in [2.24, 2.45) is 0 Å². The number of nitrogens with zero attached hydrogens (tertiary/aromatic N) is 2. The van der Waals surface area contributed by atoms with Gasteiger partial charge in [0.05, 0.1) is 22.9 Å². The van der Waals surface area contributed by atoms with E-state index in [0.29, 0.717) is 5.54 Å². The zero-order chi connectivity index (χ0) is 12.4. The summed E-state index contributed by atoms with van der Waals surface area (Å²) < 4.78 is 0. The number of fused-ring (bicyclic) bond motifs is 1. The van der Waals surface area contributed by atoms with Crippen LogP contribution in [-0.4, -0.2) is 15.5 Å². The van der Waals surface area contributed by atoms with Gasteiger partial charge in [0.2, 0.25) is 0 Å². The van der Waals surface area contributed by atoms with E-state index in [9.17, 15) is 0 Å². The maximum Gasteiger partial charge on any atom is 0.0890 e. The maximum absolute atomic E-state index is 4.65. The van der Waals surface area contributed by atoms with Crippen molar-refractivity contribution in [1.29, 1.82) is 0 Å². The molecule has 1 saturated carbocycles. The first-order chi connectivity index (χ1) is 8.81. The summed E-state index contributed by atoms with van der Waals surface area (Å²) in [5.41, 5.74) is 3.35. The van der Waals surface area contributed by atoms with Gasteiger partial charge in [0.1, 0.15) is 0 Å². The Morgan fingerprint density at radius 3 is 2.67 bits per heavy atom. The van der Waals surface area contributed by atoms with Gasteiger partial charge in [-0.05, 0) is 37.8 Å². The molecule has 94 valence electrons. The second kappa shape index (κ2) is 4.65. The van der Waals surface area contributed by atoms with Crippen LogP contribution >= 0.6 is 0 Å². The Morgan fingerprint density at radius 2 is 2.00 bits per heavy atom. The summed E-state index contributed by atoms with van der Waals surface area (Å²) in [5, 5.41) is 3.66. The van der Waals surface area contributed by atoms with E-state index in [2.05, 4.69) is 22.2 Å². The third-order valence-electron chi connectivity index (χ3n) is 4.13. The largest absolute Gasteiger partial charge is 0.306 e. The summed E-state index contributed by atoms with van der Waals surface area (Å²) in [7, 11) is 0. The van der Waals surface area contributed by atoms with Crippen LogP contribution in [0.5, 0.6) is 0 Å². The van der Waals surface area contributed by atoms with Crippen LogP contribution in [0.25, 0.3) is 11.0 Å². The minimum Gasteiger partial charge on any atom is -0.306 e. The number of benzene rings is 1. The van der Waals surface area contributed by atoms with Crippen LogP contribution in [0.2, 0.25) is 0 Å². The lowest BCUT2D eigenvalue weighted by Gasteiger charge is -2.42. The molecule has 18 heavy (non-hydrogen) atoms. The van der Waals surface area contributed by atoms with Crippen LogP contribution in [0.15, 0.2) is 30.5 Å². The molecule has 0 unspecified atom stereocenters. The normalized spacial score (nSPS) is 17.6. The van der Waals surface area contributed by atoms with Crippen LogP contribution in [0.3, 0.4) is 0 Å². The lowest BCUT2D eigenvalue weighted by Crippen LogP contribution is -2.49.